The predicted molar refractivity (Wildman–Crippen MR) is 284 cm³/mol. The number of likely N-dealkylation sites (N-methyl/N-ethyl adjacent to an activating group) is 1. The number of fused-ring (bicyclic) bond motifs is 8. The number of hydrogen-bond donors (Lipinski definition) is 4. The van der Waals surface area contributed by atoms with Crippen LogP contribution in [-0.4, -0.2) is 156 Å². The Bertz CT molecular complexity index is 2810. The van der Waals surface area contributed by atoms with Crippen LogP contribution in [-0.2, 0) is 52.7 Å². The van der Waals surface area contributed by atoms with Gasteiger partial charge in [0.25, 0.3) is 5.91 Å². The zero-order valence-electron chi connectivity index (χ0n) is 45.0. The maximum Gasteiger partial charge on any atom is 0.409 e. The number of aliphatic hydroxyl groups excluding tert-OH is 1. The number of phenols is 1. The van der Waals surface area contributed by atoms with Crippen LogP contribution in [0.15, 0.2) is 61.3 Å². The number of cyclic esters (lactones) is 1. The fraction of sp³-hybridized carbons (Fsp3) is 0.561. The van der Waals surface area contributed by atoms with Gasteiger partial charge in [-0.2, -0.15) is 0 Å². The van der Waals surface area contributed by atoms with E-state index in [1.165, 1.54) is 12.0 Å². The van der Waals surface area contributed by atoms with Crippen molar-refractivity contribution >= 4 is 40.5 Å². The van der Waals surface area contributed by atoms with Crippen molar-refractivity contribution in [3.8, 4) is 28.1 Å². The molecule has 5 aliphatic rings. The Hall–Kier alpha value is -6.05. The number of aromatic hydroxyl groups is 1. The Morgan fingerprint density at radius 2 is 1.83 bits per heavy atom. The highest BCUT2D eigenvalue weighted by Crippen LogP contribution is 2.47. The summed E-state index contributed by atoms with van der Waals surface area (Å²) in [6.45, 7) is 19.9. The third-order valence-corrected chi connectivity index (χ3v) is 16.5. The molecule has 18 heteroatoms. The standard InChI is InChI=1S/C57H76N8O10/c1-11-32(4)49(61(8)54(69)51-35(12-2)30-74-51)52(67)59-45-22-34-20-37(23-40(66)21-34)36-14-15-46-42(24-36)44(27-57(6,7)31-75-55(70)48-41-25-38(41)29-65(60-48)53(45)68)50(64(46)13-3)43-26-39(28-58-47(43)33(5)72-9)62-16-18-63(19-17-62)56(71)73-10/h11,14-15,20-21,23-24,26,28,32-33,35,38,41,45,48-49,51,53,60,66,68H,1,12-13,16-19,22,25,27,29-31H2,2-10H3,(H,59,67)/t32-,33+,35+,38?,41+,45+,48+,49+,51-,53?/m1/s1. The van der Waals surface area contributed by atoms with Gasteiger partial charge in [0.15, 0.2) is 0 Å². The van der Waals surface area contributed by atoms with Crippen molar-refractivity contribution in [2.75, 3.05) is 72.1 Å². The van der Waals surface area contributed by atoms with Crippen molar-refractivity contribution in [3.63, 3.8) is 0 Å². The van der Waals surface area contributed by atoms with E-state index >= 15 is 0 Å². The molecular weight excluding hydrogens is 957 g/mol. The summed E-state index contributed by atoms with van der Waals surface area (Å²) in [6.07, 6.45) is 2.91. The lowest BCUT2D eigenvalue weighted by molar-refractivity contribution is -0.174. The average molecular weight is 1030 g/mol. The van der Waals surface area contributed by atoms with Crippen LogP contribution in [0.3, 0.4) is 0 Å². The van der Waals surface area contributed by atoms with Gasteiger partial charge in [-0.15, -0.1) is 6.58 Å². The number of carbonyl (C=O) groups is 4. The Balaban J connectivity index is 1.15. The number of piperazine rings is 1. The molecule has 4 aromatic rings. The van der Waals surface area contributed by atoms with Gasteiger partial charge in [-0.1, -0.05) is 45.9 Å². The van der Waals surface area contributed by atoms with Crippen molar-refractivity contribution in [2.24, 2.45) is 29.1 Å². The van der Waals surface area contributed by atoms with Crippen LogP contribution >= 0.6 is 0 Å². The number of pyridine rings is 1. The molecule has 1 aliphatic carbocycles. The van der Waals surface area contributed by atoms with Gasteiger partial charge < -0.3 is 53.7 Å². The number of ether oxygens (including phenoxy) is 4. The second kappa shape index (κ2) is 21.9. The molecule has 1 saturated carbocycles. The number of methoxy groups -OCH3 is 2. The Labute approximate surface area is 440 Å². The van der Waals surface area contributed by atoms with Gasteiger partial charge in [0.05, 0.1) is 55.7 Å². The van der Waals surface area contributed by atoms with Crippen LogP contribution < -0.4 is 15.6 Å². The molecule has 404 valence electrons. The first kappa shape index (κ1) is 53.8. The summed E-state index contributed by atoms with van der Waals surface area (Å²) in [4.78, 5) is 65.9. The number of benzene rings is 2. The molecule has 6 bridgehead atoms. The molecule has 6 heterocycles. The summed E-state index contributed by atoms with van der Waals surface area (Å²) >= 11 is 0. The minimum Gasteiger partial charge on any atom is -0.508 e. The third kappa shape index (κ3) is 10.7. The van der Waals surface area contributed by atoms with Crippen molar-refractivity contribution in [2.45, 2.75) is 110 Å². The van der Waals surface area contributed by atoms with E-state index in [0.717, 1.165) is 63.1 Å². The molecule has 4 N–H and O–H groups in total. The van der Waals surface area contributed by atoms with E-state index in [-0.39, 0.29) is 54.6 Å². The number of rotatable bonds is 12. The number of aryl methyl sites for hydroxylation is 1. The van der Waals surface area contributed by atoms with Crippen molar-refractivity contribution in [1.82, 2.24) is 35.1 Å². The van der Waals surface area contributed by atoms with Crippen molar-refractivity contribution < 1.29 is 48.3 Å². The molecule has 0 radical (unpaired) electrons. The number of amides is 3. The summed E-state index contributed by atoms with van der Waals surface area (Å²) in [5.74, 6) is -1.51. The minimum atomic E-state index is -1.35. The third-order valence-electron chi connectivity index (χ3n) is 16.5. The SMILES string of the molecule is C=C[C@@H](C)[C@@H](C(=O)N[C@H]1Cc2cc(O)cc(c2)-c2ccc3c(c2)c(c(-c2cc(N4CCN(C(=O)OC)CC4)cnc2[C@H](C)OC)n3CC)CC(C)(C)COC(=O)[C@H]2NN(CC3C[C@@H]32)C1O)N(C)C(=O)[C@@H]1OC[C@@H]1CC. The highest BCUT2D eigenvalue weighted by atomic mass is 16.5. The normalized spacial score (nSPS) is 26.6. The topological polar surface area (TPSA) is 200 Å². The largest absolute Gasteiger partial charge is 0.508 e. The molecule has 2 aromatic heterocycles. The lowest BCUT2D eigenvalue weighted by Crippen LogP contribution is -2.65. The molecule has 11 atom stereocenters. The van der Waals surface area contributed by atoms with Crippen LogP contribution in [0.25, 0.3) is 33.3 Å². The van der Waals surface area contributed by atoms with Crippen LogP contribution in [0.1, 0.15) is 77.3 Å². The van der Waals surface area contributed by atoms with E-state index in [1.54, 1.807) is 42.3 Å². The van der Waals surface area contributed by atoms with E-state index in [2.05, 4.69) is 65.8 Å². The van der Waals surface area contributed by atoms with Crippen LogP contribution in [0, 0.1) is 29.1 Å². The van der Waals surface area contributed by atoms with E-state index in [1.807, 2.05) is 39.1 Å². The molecule has 4 fully saturated rings. The first-order valence-corrected chi connectivity index (χ1v) is 26.7. The number of phenolic OH excluding ortho intramolecular Hbond substituents is 1. The number of hydrogen-bond acceptors (Lipinski definition) is 14. The van der Waals surface area contributed by atoms with Gasteiger partial charge in [-0.05, 0) is 104 Å². The number of nitrogens with zero attached hydrogens (tertiary/aromatic N) is 6. The van der Waals surface area contributed by atoms with Crippen molar-refractivity contribution in [3.05, 3.63) is 78.1 Å². The number of nitrogens with one attached hydrogen (secondary N) is 2. The van der Waals surface area contributed by atoms with Crippen LogP contribution in [0.2, 0.25) is 0 Å². The van der Waals surface area contributed by atoms with Gasteiger partial charge in [-0.25, -0.2) is 15.2 Å². The predicted octanol–water partition coefficient (Wildman–Crippen LogP) is 6.06. The summed E-state index contributed by atoms with van der Waals surface area (Å²) in [5.41, 5.74) is 10.5. The molecule has 75 heavy (non-hydrogen) atoms. The van der Waals surface area contributed by atoms with Gasteiger partial charge in [0.2, 0.25) is 5.91 Å². The Morgan fingerprint density at radius 1 is 1.07 bits per heavy atom. The Kier molecular flexibility index (Phi) is 15.7. The highest BCUT2D eigenvalue weighted by molar-refractivity contribution is 5.96. The second-order valence-corrected chi connectivity index (χ2v) is 22.2. The maximum atomic E-state index is 14.7. The fourth-order valence-corrected chi connectivity index (χ4v) is 11.8. The fourth-order valence-electron chi connectivity index (χ4n) is 11.8. The van der Waals surface area contributed by atoms with Crippen LogP contribution in [0.4, 0.5) is 10.5 Å². The number of hydrazine groups is 1. The molecule has 3 saturated heterocycles. The van der Waals surface area contributed by atoms with E-state index in [4.69, 9.17) is 23.9 Å². The first-order valence-electron chi connectivity index (χ1n) is 26.7. The second-order valence-electron chi connectivity index (χ2n) is 22.2. The summed E-state index contributed by atoms with van der Waals surface area (Å²) < 4.78 is 25.3. The molecule has 2 aromatic carbocycles. The number of esters is 1. The Morgan fingerprint density at radius 3 is 2.49 bits per heavy atom. The number of carbonyl (C=O) groups excluding carboxylic acids is 4. The van der Waals surface area contributed by atoms with Crippen LogP contribution in [0.5, 0.6) is 5.75 Å². The molecule has 3 amide bonds. The molecule has 4 aliphatic heterocycles. The quantitative estimate of drug-likeness (QED) is 0.0943. The number of aliphatic hydroxyl groups is 1. The van der Waals surface area contributed by atoms with E-state index in [0.29, 0.717) is 57.9 Å². The lowest BCUT2D eigenvalue weighted by Gasteiger charge is -2.41. The maximum absolute atomic E-state index is 14.7. The molecule has 9 rings (SSSR count). The first-order chi connectivity index (χ1) is 35.9. The number of anilines is 1. The van der Waals surface area contributed by atoms with E-state index < -0.39 is 53.7 Å². The molecule has 3 unspecified atom stereocenters. The monoisotopic (exact) mass is 1030 g/mol. The summed E-state index contributed by atoms with van der Waals surface area (Å²) in [5, 5.41) is 29.8. The smallest absolute Gasteiger partial charge is 0.409 e. The van der Waals surface area contributed by atoms with Gasteiger partial charge >= 0.3 is 12.1 Å². The summed E-state index contributed by atoms with van der Waals surface area (Å²) in [7, 11) is 4.67. The van der Waals surface area contributed by atoms with Gasteiger partial charge in [0, 0.05) is 87.1 Å². The van der Waals surface area contributed by atoms with Crippen molar-refractivity contribution in [1.29, 1.82) is 0 Å². The van der Waals surface area contributed by atoms with Gasteiger partial charge in [-0.3, -0.25) is 19.4 Å². The zero-order chi connectivity index (χ0) is 53.6. The zero-order valence-corrected chi connectivity index (χ0v) is 45.0. The molecule has 0 spiro atoms. The number of aromatic nitrogens is 2. The van der Waals surface area contributed by atoms with Gasteiger partial charge in [0.1, 0.15) is 30.2 Å². The molecular formula is C57H76N8O10. The highest BCUT2D eigenvalue weighted by Gasteiger charge is 2.53. The van der Waals surface area contributed by atoms with E-state index in [9.17, 15) is 29.4 Å². The summed E-state index contributed by atoms with van der Waals surface area (Å²) in [6, 6.07) is 11.1. The minimum absolute atomic E-state index is 0.00597. The lowest BCUT2D eigenvalue weighted by atomic mass is 9.84. The average Bonchev–Trinajstić information content (AvgIpc) is 4.13. The molecule has 18 nitrogen and oxygen atoms in total.